The van der Waals surface area contributed by atoms with Gasteiger partial charge in [0, 0.05) is 0 Å². The molecule has 0 amide bonds. The molecule has 1 saturated carbocycles. The molecule has 0 bridgehead atoms. The number of hydrogen-bond donors (Lipinski definition) is 0. The number of ether oxygens (including phenoxy) is 1. The second-order valence-electron chi connectivity index (χ2n) is 3.31. The Morgan fingerprint density at radius 1 is 1.67 bits per heavy atom. The molecule has 2 unspecified atom stereocenters. The molecule has 0 spiro atoms. The summed E-state index contributed by atoms with van der Waals surface area (Å²) in [6.45, 7) is 2.24. The molecule has 2 atom stereocenters. The molecule has 0 aromatic heterocycles. The normalized spacial score (nSPS) is 47.0. The minimum absolute atomic E-state index is 0.411. The summed E-state index contributed by atoms with van der Waals surface area (Å²) in [6, 6.07) is 0. The molecular weight excluding hydrogens is 112 g/mol. The molecule has 0 aromatic carbocycles. The van der Waals surface area contributed by atoms with Crippen LogP contribution in [0.5, 0.6) is 0 Å². The zero-order chi connectivity index (χ0) is 6.32. The Balaban J connectivity index is 1.95. The van der Waals surface area contributed by atoms with Crippen molar-refractivity contribution in [2.45, 2.75) is 50.7 Å². The molecule has 2 fully saturated rings. The standard InChI is InChI=1S/C8H14O/c1-2-5-8-6-3-4-7(8)9-8/h7H,2-6H2,1H3. The van der Waals surface area contributed by atoms with Gasteiger partial charge in [-0.15, -0.1) is 0 Å². The van der Waals surface area contributed by atoms with Crippen LogP contribution >= 0.6 is 0 Å². The van der Waals surface area contributed by atoms with Crippen LogP contribution in [-0.4, -0.2) is 11.7 Å². The maximum absolute atomic E-state index is 5.58. The van der Waals surface area contributed by atoms with Crippen molar-refractivity contribution in [1.29, 1.82) is 0 Å². The van der Waals surface area contributed by atoms with Crippen molar-refractivity contribution in [2.24, 2.45) is 0 Å². The van der Waals surface area contributed by atoms with Gasteiger partial charge in [-0.25, -0.2) is 0 Å². The highest BCUT2D eigenvalue weighted by atomic mass is 16.6. The van der Waals surface area contributed by atoms with E-state index in [2.05, 4.69) is 6.92 Å². The highest BCUT2D eigenvalue weighted by molar-refractivity contribution is 5.06. The first kappa shape index (κ1) is 5.72. The van der Waals surface area contributed by atoms with Crippen LogP contribution in [0.4, 0.5) is 0 Å². The average Bonchev–Trinajstić information content (AvgIpc) is 2.37. The van der Waals surface area contributed by atoms with E-state index in [1.165, 1.54) is 32.1 Å². The van der Waals surface area contributed by atoms with Gasteiger partial charge in [0.25, 0.3) is 0 Å². The Bertz CT molecular complexity index is 122. The van der Waals surface area contributed by atoms with Crippen LogP contribution in [0.25, 0.3) is 0 Å². The molecule has 1 aliphatic heterocycles. The predicted molar refractivity (Wildman–Crippen MR) is 36.4 cm³/mol. The average molecular weight is 126 g/mol. The van der Waals surface area contributed by atoms with Gasteiger partial charge in [-0.05, 0) is 25.7 Å². The Hall–Kier alpha value is -0.0400. The van der Waals surface area contributed by atoms with Gasteiger partial charge < -0.3 is 4.74 Å². The van der Waals surface area contributed by atoms with Gasteiger partial charge in [0.2, 0.25) is 0 Å². The van der Waals surface area contributed by atoms with E-state index in [-0.39, 0.29) is 0 Å². The van der Waals surface area contributed by atoms with Gasteiger partial charge in [0.15, 0.2) is 0 Å². The summed E-state index contributed by atoms with van der Waals surface area (Å²) in [7, 11) is 0. The first-order chi connectivity index (χ1) is 4.37. The lowest BCUT2D eigenvalue weighted by molar-refractivity contribution is 0.240. The first-order valence-electron chi connectivity index (χ1n) is 4.05. The molecule has 0 radical (unpaired) electrons. The summed E-state index contributed by atoms with van der Waals surface area (Å²) < 4.78 is 5.58. The van der Waals surface area contributed by atoms with E-state index in [4.69, 9.17) is 4.74 Å². The van der Waals surface area contributed by atoms with Crippen molar-refractivity contribution in [3.63, 3.8) is 0 Å². The minimum atomic E-state index is 0.411. The lowest BCUT2D eigenvalue weighted by Crippen LogP contribution is -2.07. The van der Waals surface area contributed by atoms with Gasteiger partial charge in [-0.2, -0.15) is 0 Å². The third-order valence-electron chi connectivity index (χ3n) is 2.65. The van der Waals surface area contributed by atoms with Gasteiger partial charge in [-0.3, -0.25) is 0 Å². The Kier molecular flexibility index (Phi) is 1.10. The summed E-state index contributed by atoms with van der Waals surface area (Å²) in [6.07, 6.45) is 7.35. The van der Waals surface area contributed by atoms with Crippen molar-refractivity contribution in [3.8, 4) is 0 Å². The van der Waals surface area contributed by atoms with E-state index in [1.807, 2.05) is 0 Å². The number of hydrogen-bond acceptors (Lipinski definition) is 1. The summed E-state index contributed by atoms with van der Waals surface area (Å²) >= 11 is 0. The maximum atomic E-state index is 5.58. The summed E-state index contributed by atoms with van der Waals surface area (Å²) in [5, 5.41) is 0. The fourth-order valence-corrected chi connectivity index (χ4v) is 2.15. The second kappa shape index (κ2) is 1.72. The monoisotopic (exact) mass is 126 g/mol. The predicted octanol–water partition coefficient (Wildman–Crippen LogP) is 2.11. The zero-order valence-corrected chi connectivity index (χ0v) is 6.02. The molecule has 0 aromatic rings. The SMILES string of the molecule is CCCC12CCCC1O2. The van der Waals surface area contributed by atoms with E-state index in [9.17, 15) is 0 Å². The summed E-state index contributed by atoms with van der Waals surface area (Å²) in [5.74, 6) is 0. The van der Waals surface area contributed by atoms with Crippen molar-refractivity contribution < 1.29 is 4.74 Å². The molecule has 1 heteroatoms. The van der Waals surface area contributed by atoms with E-state index >= 15 is 0 Å². The molecule has 1 saturated heterocycles. The molecule has 2 aliphatic rings. The van der Waals surface area contributed by atoms with Crippen LogP contribution in [0.2, 0.25) is 0 Å². The molecule has 52 valence electrons. The Morgan fingerprint density at radius 2 is 2.56 bits per heavy atom. The largest absolute Gasteiger partial charge is 0.366 e. The molecule has 0 N–H and O–H groups in total. The van der Waals surface area contributed by atoms with E-state index < -0.39 is 0 Å². The van der Waals surface area contributed by atoms with Gasteiger partial charge in [0.05, 0.1) is 11.7 Å². The highest BCUT2D eigenvalue weighted by Crippen LogP contribution is 2.52. The van der Waals surface area contributed by atoms with Crippen LogP contribution in [0.15, 0.2) is 0 Å². The van der Waals surface area contributed by atoms with E-state index in [1.54, 1.807) is 0 Å². The quantitative estimate of drug-likeness (QED) is 0.516. The van der Waals surface area contributed by atoms with Crippen LogP contribution < -0.4 is 0 Å². The third-order valence-corrected chi connectivity index (χ3v) is 2.65. The van der Waals surface area contributed by atoms with Crippen LogP contribution in [-0.2, 0) is 4.74 Å². The highest BCUT2D eigenvalue weighted by Gasteiger charge is 2.57. The Labute approximate surface area is 56.4 Å². The van der Waals surface area contributed by atoms with Gasteiger partial charge in [-0.1, -0.05) is 13.3 Å². The smallest absolute Gasteiger partial charge is 0.0948 e. The number of epoxide rings is 1. The molecular formula is C8H14O. The number of fused-ring (bicyclic) bond motifs is 1. The van der Waals surface area contributed by atoms with Crippen LogP contribution in [0, 0.1) is 0 Å². The van der Waals surface area contributed by atoms with Crippen molar-refractivity contribution in [1.82, 2.24) is 0 Å². The third kappa shape index (κ3) is 0.710. The lowest BCUT2D eigenvalue weighted by Gasteiger charge is -2.03. The van der Waals surface area contributed by atoms with Gasteiger partial charge in [0.1, 0.15) is 0 Å². The van der Waals surface area contributed by atoms with Crippen LogP contribution in [0.3, 0.4) is 0 Å². The van der Waals surface area contributed by atoms with Crippen LogP contribution in [0.1, 0.15) is 39.0 Å². The second-order valence-corrected chi connectivity index (χ2v) is 3.31. The van der Waals surface area contributed by atoms with Crippen molar-refractivity contribution in [3.05, 3.63) is 0 Å². The minimum Gasteiger partial charge on any atom is -0.366 e. The maximum Gasteiger partial charge on any atom is 0.0948 e. The topological polar surface area (TPSA) is 12.5 Å². The van der Waals surface area contributed by atoms with Crippen molar-refractivity contribution in [2.75, 3.05) is 0 Å². The summed E-state index contributed by atoms with van der Waals surface area (Å²) in [4.78, 5) is 0. The zero-order valence-electron chi connectivity index (χ0n) is 6.02. The van der Waals surface area contributed by atoms with E-state index in [0.29, 0.717) is 11.7 Å². The lowest BCUT2D eigenvalue weighted by atomic mass is 10.0. The molecule has 1 heterocycles. The van der Waals surface area contributed by atoms with Gasteiger partial charge >= 0.3 is 0 Å². The molecule has 1 nitrogen and oxygen atoms in total. The fraction of sp³-hybridized carbons (Fsp3) is 1.00. The number of rotatable bonds is 2. The molecule has 1 aliphatic carbocycles. The van der Waals surface area contributed by atoms with Crippen molar-refractivity contribution >= 4 is 0 Å². The Morgan fingerprint density at radius 3 is 3.00 bits per heavy atom. The summed E-state index contributed by atoms with van der Waals surface area (Å²) in [5.41, 5.74) is 0.411. The van der Waals surface area contributed by atoms with E-state index in [0.717, 1.165) is 0 Å². The fourth-order valence-electron chi connectivity index (χ4n) is 2.15. The molecule has 2 rings (SSSR count). The molecule has 9 heavy (non-hydrogen) atoms. The first-order valence-corrected chi connectivity index (χ1v) is 4.05.